The molecule has 0 saturated carbocycles. The molecule has 0 spiro atoms. The molecule has 6 heteroatoms. The molecule has 0 aliphatic carbocycles. The average Bonchev–Trinajstić information content (AvgIpc) is 2.99. The van der Waals surface area contributed by atoms with Crippen molar-refractivity contribution in [1.29, 1.82) is 0 Å². The first-order valence-electron chi connectivity index (χ1n) is 10.7. The van der Waals surface area contributed by atoms with E-state index in [0.29, 0.717) is 10.5 Å². The summed E-state index contributed by atoms with van der Waals surface area (Å²) in [6.07, 6.45) is 6.14. The van der Waals surface area contributed by atoms with Crippen molar-refractivity contribution in [3.05, 3.63) is 70.3 Å². The van der Waals surface area contributed by atoms with Gasteiger partial charge in [0.15, 0.2) is 5.11 Å². The van der Waals surface area contributed by atoms with Crippen molar-refractivity contribution in [2.75, 3.05) is 5.32 Å². The number of aromatic nitrogens is 2. The Labute approximate surface area is 182 Å². The molecule has 2 N–H and O–H groups in total. The molecule has 30 heavy (non-hydrogen) atoms. The Hall–Kier alpha value is -2.73. The SMILES string of the molecule is C[C@@H](CCc1ccccc1)NC(=S)Nc1ccc2nc3n(c(=O)c2c1)CCCCC3. The van der Waals surface area contributed by atoms with E-state index in [9.17, 15) is 4.79 Å². The van der Waals surface area contributed by atoms with Crippen LogP contribution in [0.5, 0.6) is 0 Å². The van der Waals surface area contributed by atoms with Gasteiger partial charge in [0.05, 0.1) is 10.9 Å². The molecule has 1 aromatic heterocycles. The van der Waals surface area contributed by atoms with Gasteiger partial charge in [-0.15, -0.1) is 0 Å². The highest BCUT2D eigenvalue weighted by Crippen LogP contribution is 2.18. The lowest BCUT2D eigenvalue weighted by Gasteiger charge is -2.17. The number of hydrogen-bond acceptors (Lipinski definition) is 3. The summed E-state index contributed by atoms with van der Waals surface area (Å²) >= 11 is 5.49. The molecular weight excluding hydrogens is 392 g/mol. The Kier molecular flexibility index (Phi) is 6.43. The van der Waals surface area contributed by atoms with Crippen molar-refractivity contribution < 1.29 is 0 Å². The van der Waals surface area contributed by atoms with Crippen molar-refractivity contribution in [3.8, 4) is 0 Å². The Balaban J connectivity index is 1.42. The summed E-state index contributed by atoms with van der Waals surface area (Å²) in [5.74, 6) is 0.912. The van der Waals surface area contributed by atoms with Gasteiger partial charge in [-0.2, -0.15) is 0 Å². The van der Waals surface area contributed by atoms with E-state index < -0.39 is 0 Å². The Morgan fingerprint density at radius 1 is 1.17 bits per heavy atom. The standard InChI is InChI=1S/C24H28N4OS/c1-17(11-12-18-8-4-2-5-9-18)25-24(30)26-19-13-14-21-20(16-19)23(29)28-15-7-3-6-10-22(28)27-21/h2,4-5,8-9,13-14,16-17H,3,6-7,10-12,15H2,1H3,(H2,25,26,30)/t17-/m0/s1. The fraction of sp³-hybridized carbons (Fsp3) is 0.375. The van der Waals surface area contributed by atoms with Crippen LogP contribution in [0, 0.1) is 0 Å². The lowest BCUT2D eigenvalue weighted by molar-refractivity contribution is 0.609. The topological polar surface area (TPSA) is 59.0 Å². The van der Waals surface area contributed by atoms with Gasteiger partial charge >= 0.3 is 0 Å². The van der Waals surface area contributed by atoms with Crippen molar-refractivity contribution >= 4 is 33.9 Å². The van der Waals surface area contributed by atoms with Gasteiger partial charge < -0.3 is 10.6 Å². The first-order valence-corrected chi connectivity index (χ1v) is 11.2. The predicted octanol–water partition coefficient (Wildman–Crippen LogP) is 4.43. The van der Waals surface area contributed by atoms with Crippen LogP contribution in [-0.4, -0.2) is 20.7 Å². The molecule has 5 nitrogen and oxygen atoms in total. The van der Waals surface area contributed by atoms with Crippen LogP contribution in [0.15, 0.2) is 53.3 Å². The second-order valence-corrected chi connectivity index (χ2v) is 8.46. The molecular formula is C24H28N4OS. The molecule has 0 bridgehead atoms. The van der Waals surface area contributed by atoms with Gasteiger partial charge in [0, 0.05) is 24.7 Å². The maximum atomic E-state index is 13.0. The number of hydrogen-bond donors (Lipinski definition) is 2. The Morgan fingerprint density at radius 3 is 2.83 bits per heavy atom. The summed E-state index contributed by atoms with van der Waals surface area (Å²) in [6.45, 7) is 2.89. The van der Waals surface area contributed by atoms with E-state index in [-0.39, 0.29) is 11.6 Å². The van der Waals surface area contributed by atoms with E-state index in [1.807, 2.05) is 28.8 Å². The molecule has 1 atom stereocenters. The van der Waals surface area contributed by atoms with E-state index in [1.165, 1.54) is 5.56 Å². The lowest BCUT2D eigenvalue weighted by atomic mass is 10.1. The number of nitrogens with one attached hydrogen (secondary N) is 2. The minimum Gasteiger partial charge on any atom is -0.360 e. The van der Waals surface area contributed by atoms with Crippen molar-refractivity contribution in [3.63, 3.8) is 0 Å². The van der Waals surface area contributed by atoms with Crippen LogP contribution in [0.2, 0.25) is 0 Å². The number of rotatable bonds is 5. The maximum Gasteiger partial charge on any atom is 0.261 e. The summed E-state index contributed by atoms with van der Waals surface area (Å²) in [5, 5.41) is 7.78. The van der Waals surface area contributed by atoms with Gasteiger partial charge in [0.1, 0.15) is 5.82 Å². The number of benzene rings is 2. The highest BCUT2D eigenvalue weighted by Gasteiger charge is 2.14. The first-order chi connectivity index (χ1) is 14.6. The largest absolute Gasteiger partial charge is 0.360 e. The zero-order valence-corrected chi connectivity index (χ0v) is 18.2. The fourth-order valence-electron chi connectivity index (χ4n) is 3.99. The van der Waals surface area contributed by atoms with Crippen LogP contribution in [0.25, 0.3) is 10.9 Å². The Bertz CT molecular complexity index is 1090. The summed E-state index contributed by atoms with van der Waals surface area (Å²) in [5.41, 5.74) is 2.94. The second kappa shape index (κ2) is 9.39. The fourth-order valence-corrected chi connectivity index (χ4v) is 4.31. The van der Waals surface area contributed by atoms with Crippen LogP contribution in [0.1, 0.15) is 44.0 Å². The number of nitrogens with zero attached hydrogens (tertiary/aromatic N) is 2. The zero-order chi connectivity index (χ0) is 20.9. The van der Waals surface area contributed by atoms with Gasteiger partial charge in [-0.1, -0.05) is 36.8 Å². The normalized spacial score (nSPS) is 14.6. The van der Waals surface area contributed by atoms with E-state index in [4.69, 9.17) is 17.2 Å². The summed E-state index contributed by atoms with van der Waals surface area (Å²) in [7, 11) is 0. The summed E-state index contributed by atoms with van der Waals surface area (Å²) < 4.78 is 1.85. The van der Waals surface area contributed by atoms with Crippen LogP contribution in [0.3, 0.4) is 0 Å². The molecule has 4 rings (SSSR count). The molecule has 0 unspecified atom stereocenters. The molecule has 0 radical (unpaired) electrons. The quantitative estimate of drug-likeness (QED) is 0.598. The first kappa shape index (κ1) is 20.5. The predicted molar refractivity (Wildman–Crippen MR) is 127 cm³/mol. The molecule has 0 saturated heterocycles. The van der Waals surface area contributed by atoms with Crippen LogP contribution < -0.4 is 16.2 Å². The summed E-state index contributed by atoms with van der Waals surface area (Å²) in [4.78, 5) is 17.8. The van der Waals surface area contributed by atoms with Crippen LogP contribution in [0.4, 0.5) is 5.69 Å². The molecule has 3 aromatic rings. The molecule has 2 aromatic carbocycles. The van der Waals surface area contributed by atoms with Crippen molar-refractivity contribution in [2.24, 2.45) is 0 Å². The van der Waals surface area contributed by atoms with Gasteiger partial charge in [0.25, 0.3) is 5.56 Å². The third-order valence-electron chi connectivity index (χ3n) is 5.66. The van der Waals surface area contributed by atoms with Crippen molar-refractivity contribution in [1.82, 2.24) is 14.9 Å². The van der Waals surface area contributed by atoms with Crippen LogP contribution in [-0.2, 0) is 19.4 Å². The van der Waals surface area contributed by atoms with E-state index in [2.05, 4.69) is 41.8 Å². The second-order valence-electron chi connectivity index (χ2n) is 8.05. The third kappa shape index (κ3) is 4.87. The van der Waals surface area contributed by atoms with E-state index in [1.54, 1.807) is 0 Å². The molecule has 1 aliphatic heterocycles. The number of fused-ring (bicyclic) bond motifs is 2. The number of anilines is 1. The summed E-state index contributed by atoms with van der Waals surface area (Å²) in [6, 6.07) is 16.4. The van der Waals surface area contributed by atoms with Crippen molar-refractivity contribution in [2.45, 2.75) is 58.0 Å². The average molecular weight is 421 g/mol. The molecule has 156 valence electrons. The number of aryl methyl sites for hydroxylation is 2. The minimum atomic E-state index is 0.0515. The molecule has 0 amide bonds. The van der Waals surface area contributed by atoms with Crippen LogP contribution >= 0.6 is 12.2 Å². The minimum absolute atomic E-state index is 0.0515. The van der Waals surface area contributed by atoms with Gasteiger partial charge in [-0.25, -0.2) is 4.98 Å². The zero-order valence-electron chi connectivity index (χ0n) is 17.4. The molecule has 2 heterocycles. The highest BCUT2D eigenvalue weighted by atomic mass is 32.1. The highest BCUT2D eigenvalue weighted by molar-refractivity contribution is 7.80. The van der Waals surface area contributed by atoms with E-state index in [0.717, 1.165) is 62.1 Å². The Morgan fingerprint density at radius 2 is 2.00 bits per heavy atom. The number of thiocarbonyl (C=S) groups is 1. The lowest BCUT2D eigenvalue weighted by Crippen LogP contribution is -2.36. The smallest absolute Gasteiger partial charge is 0.261 e. The molecule has 1 aliphatic rings. The van der Waals surface area contributed by atoms with E-state index >= 15 is 0 Å². The molecule has 0 fully saturated rings. The van der Waals surface area contributed by atoms with Gasteiger partial charge in [-0.05, 0) is 68.6 Å². The monoisotopic (exact) mass is 420 g/mol. The third-order valence-corrected chi connectivity index (χ3v) is 5.88. The van der Waals surface area contributed by atoms with Gasteiger partial charge in [0.2, 0.25) is 0 Å². The maximum absolute atomic E-state index is 13.0. The van der Waals surface area contributed by atoms with Gasteiger partial charge in [-0.3, -0.25) is 9.36 Å².